The third-order valence-electron chi connectivity index (χ3n) is 3.90. The second kappa shape index (κ2) is 6.00. The van der Waals surface area contributed by atoms with Gasteiger partial charge in [0.25, 0.3) is 5.56 Å². The first-order chi connectivity index (χ1) is 10.7. The number of hydrogen-bond acceptors (Lipinski definition) is 5. The molecule has 1 aliphatic carbocycles. The summed E-state index contributed by atoms with van der Waals surface area (Å²) in [5.41, 5.74) is 6.52. The number of anilines is 1. The number of nitrogens with zero attached hydrogens (tertiary/aromatic N) is 3. The van der Waals surface area contributed by atoms with Gasteiger partial charge in [-0.3, -0.25) is 9.36 Å². The Labute approximate surface area is 128 Å². The number of hydrogen-bond donors (Lipinski definition) is 2. The molecule has 0 unspecified atom stereocenters. The fraction of sp³-hybridized carbons (Fsp3) is 0.312. The first kappa shape index (κ1) is 14.3. The third-order valence-corrected chi connectivity index (χ3v) is 3.90. The Morgan fingerprint density at radius 2 is 2.18 bits per heavy atom. The van der Waals surface area contributed by atoms with Crippen molar-refractivity contribution >= 4 is 5.82 Å². The molecule has 0 aromatic carbocycles. The van der Waals surface area contributed by atoms with Crippen LogP contribution in [0.1, 0.15) is 25.0 Å². The fourth-order valence-electron chi connectivity index (χ4n) is 2.80. The summed E-state index contributed by atoms with van der Waals surface area (Å²) in [6.45, 7) is 0. The van der Waals surface area contributed by atoms with Gasteiger partial charge in [-0.2, -0.15) is 5.26 Å². The molecule has 1 aliphatic rings. The molecule has 0 saturated heterocycles. The Balaban J connectivity index is 1.83. The lowest BCUT2D eigenvalue weighted by molar-refractivity contribution is 0.686. The summed E-state index contributed by atoms with van der Waals surface area (Å²) in [6, 6.07) is 10.8. The maximum Gasteiger partial charge on any atom is 0.256 e. The molecule has 3 N–H and O–H groups in total. The topological polar surface area (TPSA) is 96.7 Å². The van der Waals surface area contributed by atoms with Crippen molar-refractivity contribution in [3.8, 4) is 11.8 Å². The molecule has 6 nitrogen and oxygen atoms in total. The fourth-order valence-corrected chi connectivity index (χ4v) is 2.80. The Morgan fingerprint density at radius 1 is 1.32 bits per heavy atom. The first-order valence-electron chi connectivity index (χ1n) is 7.28. The Hall–Kier alpha value is -2.65. The number of nitrogens with two attached hydrogens (primary N) is 1. The monoisotopic (exact) mass is 295 g/mol. The average molecular weight is 295 g/mol. The maximum atomic E-state index is 12.0. The lowest BCUT2D eigenvalue weighted by atomic mass is 10.2. The summed E-state index contributed by atoms with van der Waals surface area (Å²) in [6.07, 6.45) is 4.61. The van der Waals surface area contributed by atoms with Gasteiger partial charge >= 0.3 is 0 Å². The van der Waals surface area contributed by atoms with E-state index < -0.39 is 0 Å². The molecule has 0 bridgehead atoms. The number of aromatic nitrogens is 2. The minimum Gasteiger partial charge on any atom is -0.367 e. The number of nitriles is 1. The molecule has 6 heteroatoms. The van der Waals surface area contributed by atoms with Crippen LogP contribution in [0, 0.1) is 11.3 Å². The van der Waals surface area contributed by atoms with Crippen molar-refractivity contribution in [3.63, 3.8) is 0 Å². The molecule has 0 spiro atoms. The van der Waals surface area contributed by atoms with Crippen LogP contribution in [0.15, 0.2) is 41.3 Å². The summed E-state index contributed by atoms with van der Waals surface area (Å²) in [4.78, 5) is 16.3. The molecular weight excluding hydrogens is 278 g/mol. The van der Waals surface area contributed by atoms with Gasteiger partial charge in [0, 0.05) is 18.2 Å². The molecule has 2 atom stereocenters. The molecule has 2 aromatic rings. The van der Waals surface area contributed by atoms with E-state index in [9.17, 15) is 4.79 Å². The molecule has 0 aliphatic heterocycles. The average Bonchev–Trinajstić information content (AvgIpc) is 2.93. The van der Waals surface area contributed by atoms with Crippen molar-refractivity contribution in [1.82, 2.24) is 9.55 Å². The summed E-state index contributed by atoms with van der Waals surface area (Å²) in [7, 11) is 0. The van der Waals surface area contributed by atoms with Crippen LogP contribution in [0.4, 0.5) is 5.82 Å². The number of rotatable bonds is 3. The Kier molecular flexibility index (Phi) is 3.90. The van der Waals surface area contributed by atoms with Gasteiger partial charge in [0.05, 0.1) is 11.9 Å². The van der Waals surface area contributed by atoms with Gasteiger partial charge in [-0.15, -0.1) is 0 Å². The van der Waals surface area contributed by atoms with E-state index in [2.05, 4.69) is 10.3 Å². The van der Waals surface area contributed by atoms with Crippen LogP contribution in [0.3, 0.4) is 0 Å². The van der Waals surface area contributed by atoms with Crippen LogP contribution in [0.2, 0.25) is 0 Å². The molecule has 2 aromatic heterocycles. The quantitative estimate of drug-likeness (QED) is 0.892. The Morgan fingerprint density at radius 3 is 2.82 bits per heavy atom. The van der Waals surface area contributed by atoms with E-state index in [1.165, 1.54) is 10.6 Å². The van der Waals surface area contributed by atoms with E-state index in [-0.39, 0.29) is 17.3 Å². The summed E-state index contributed by atoms with van der Waals surface area (Å²) >= 11 is 0. The summed E-state index contributed by atoms with van der Waals surface area (Å²) < 4.78 is 1.35. The summed E-state index contributed by atoms with van der Waals surface area (Å²) in [5, 5.41) is 12.5. The van der Waals surface area contributed by atoms with E-state index in [0.29, 0.717) is 11.7 Å². The predicted octanol–water partition coefficient (Wildman–Crippen LogP) is 1.40. The van der Waals surface area contributed by atoms with Crippen LogP contribution in [-0.4, -0.2) is 21.6 Å². The van der Waals surface area contributed by atoms with Crippen LogP contribution in [0.5, 0.6) is 0 Å². The van der Waals surface area contributed by atoms with E-state index in [1.54, 1.807) is 24.4 Å². The number of nitrogens with one attached hydrogen (secondary N) is 1. The minimum atomic E-state index is -0.247. The number of pyridine rings is 2. The smallest absolute Gasteiger partial charge is 0.256 e. The zero-order valence-corrected chi connectivity index (χ0v) is 12.1. The van der Waals surface area contributed by atoms with Crippen molar-refractivity contribution < 1.29 is 0 Å². The molecule has 3 rings (SSSR count). The minimum absolute atomic E-state index is 0.247. The van der Waals surface area contributed by atoms with Gasteiger partial charge in [-0.05, 0) is 37.5 Å². The molecule has 0 amide bonds. The van der Waals surface area contributed by atoms with Gasteiger partial charge in [0.1, 0.15) is 17.6 Å². The third kappa shape index (κ3) is 2.85. The van der Waals surface area contributed by atoms with Gasteiger partial charge in [-0.25, -0.2) is 4.98 Å². The second-order valence-electron chi connectivity index (χ2n) is 5.51. The van der Waals surface area contributed by atoms with Crippen molar-refractivity contribution in [1.29, 1.82) is 5.26 Å². The van der Waals surface area contributed by atoms with E-state index in [4.69, 9.17) is 11.0 Å². The van der Waals surface area contributed by atoms with Gasteiger partial charge in [-0.1, -0.05) is 6.07 Å². The van der Waals surface area contributed by atoms with Gasteiger partial charge < -0.3 is 11.1 Å². The highest BCUT2D eigenvalue weighted by Gasteiger charge is 2.21. The predicted molar refractivity (Wildman–Crippen MR) is 83.8 cm³/mol. The van der Waals surface area contributed by atoms with Crippen LogP contribution < -0.4 is 16.6 Å². The highest BCUT2D eigenvalue weighted by molar-refractivity contribution is 5.43. The van der Waals surface area contributed by atoms with Crippen LogP contribution in [-0.2, 0) is 0 Å². The second-order valence-corrected chi connectivity index (χ2v) is 5.51. The normalized spacial score (nSPS) is 20.5. The zero-order valence-electron chi connectivity index (χ0n) is 12.1. The maximum absolute atomic E-state index is 12.0. The van der Waals surface area contributed by atoms with E-state index in [0.717, 1.165) is 25.1 Å². The van der Waals surface area contributed by atoms with Crippen LogP contribution in [0.25, 0.3) is 5.69 Å². The van der Waals surface area contributed by atoms with Crippen molar-refractivity contribution in [3.05, 3.63) is 52.6 Å². The van der Waals surface area contributed by atoms with E-state index in [1.807, 2.05) is 12.1 Å². The highest BCUT2D eigenvalue weighted by Crippen LogP contribution is 2.21. The van der Waals surface area contributed by atoms with Crippen LogP contribution >= 0.6 is 0 Å². The molecule has 2 heterocycles. The molecule has 1 fully saturated rings. The van der Waals surface area contributed by atoms with Crippen molar-refractivity contribution in [2.45, 2.75) is 31.3 Å². The lowest BCUT2D eigenvalue weighted by Crippen LogP contribution is -2.22. The van der Waals surface area contributed by atoms with Gasteiger partial charge in [0.2, 0.25) is 0 Å². The first-order valence-corrected chi connectivity index (χ1v) is 7.28. The lowest BCUT2D eigenvalue weighted by Gasteiger charge is -2.14. The SMILES string of the molecule is N#Cc1cccc(=O)n1-c1ccc(N[C@H]2CC[C@H](N)C2)nc1. The molecule has 1 saturated carbocycles. The van der Waals surface area contributed by atoms with E-state index >= 15 is 0 Å². The molecule has 0 radical (unpaired) electrons. The summed E-state index contributed by atoms with van der Waals surface area (Å²) in [5.74, 6) is 0.755. The zero-order chi connectivity index (χ0) is 15.5. The van der Waals surface area contributed by atoms with Gasteiger partial charge in [0.15, 0.2) is 0 Å². The Bertz CT molecular complexity index is 759. The van der Waals surface area contributed by atoms with Crippen molar-refractivity contribution in [2.75, 3.05) is 5.32 Å². The standard InChI is InChI=1S/C16H17N5O/c17-9-13-2-1-3-16(22)21(13)14-6-7-15(19-10-14)20-12-5-4-11(18)8-12/h1-3,6-7,10-12H,4-5,8,18H2,(H,19,20)/t11-,12-/m0/s1. The molecule has 112 valence electrons. The van der Waals surface area contributed by atoms with Crippen molar-refractivity contribution in [2.24, 2.45) is 5.73 Å². The highest BCUT2D eigenvalue weighted by atomic mass is 16.1. The largest absolute Gasteiger partial charge is 0.367 e. The molecule has 22 heavy (non-hydrogen) atoms. The molecular formula is C16H17N5O.